The molecule has 1 spiro atoms. The van der Waals surface area contributed by atoms with Gasteiger partial charge in [-0.2, -0.15) is 0 Å². The minimum atomic E-state index is 0.0710. The van der Waals surface area contributed by atoms with Crippen LogP contribution in [0.2, 0.25) is 0 Å². The van der Waals surface area contributed by atoms with Crippen molar-refractivity contribution in [2.24, 2.45) is 4.99 Å². The van der Waals surface area contributed by atoms with Crippen LogP contribution < -0.4 is 15.0 Å². The number of rotatable bonds is 6. The van der Waals surface area contributed by atoms with Crippen molar-refractivity contribution >= 4 is 22.4 Å². The first-order valence-electron chi connectivity index (χ1n) is 12.7. The highest BCUT2D eigenvalue weighted by molar-refractivity contribution is 6.16. The molecule has 0 radical (unpaired) electrons. The van der Waals surface area contributed by atoms with E-state index in [1.807, 2.05) is 6.20 Å². The molecule has 0 saturated heterocycles. The number of hydrogen-bond donors (Lipinski definition) is 1. The van der Waals surface area contributed by atoms with Crippen molar-refractivity contribution < 1.29 is 4.74 Å². The lowest BCUT2D eigenvalue weighted by atomic mass is 9.78. The minimum absolute atomic E-state index is 0.0710. The van der Waals surface area contributed by atoms with Gasteiger partial charge in [-0.15, -0.1) is 0 Å². The zero-order chi connectivity index (χ0) is 23.3. The van der Waals surface area contributed by atoms with Crippen molar-refractivity contribution in [1.82, 2.24) is 15.3 Å². The van der Waals surface area contributed by atoms with Crippen molar-refractivity contribution in [2.45, 2.75) is 57.9 Å². The number of aliphatic imine (C=N–C) groups is 1. The molecule has 0 bridgehead atoms. The highest BCUT2D eigenvalue weighted by Crippen LogP contribution is 2.54. The Kier molecular flexibility index (Phi) is 5.29. The fraction of sp³-hybridized carbons (Fsp3) is 0.464. The first-order chi connectivity index (χ1) is 16.6. The van der Waals surface area contributed by atoms with E-state index in [1.54, 1.807) is 0 Å². The van der Waals surface area contributed by atoms with E-state index in [-0.39, 0.29) is 5.41 Å². The molecule has 3 aliphatic rings. The summed E-state index contributed by atoms with van der Waals surface area (Å²) >= 11 is 0. The second-order valence-corrected chi connectivity index (χ2v) is 10.2. The van der Waals surface area contributed by atoms with E-state index in [0.717, 1.165) is 36.3 Å². The fourth-order valence-corrected chi connectivity index (χ4v) is 6.09. The van der Waals surface area contributed by atoms with Gasteiger partial charge in [-0.25, -0.2) is 4.98 Å². The Labute approximate surface area is 201 Å². The maximum absolute atomic E-state index is 5.91. The SMILES string of the molecule is Cc1cc(-c2ccc3ncc4c(c3c2)C2(CCCC2)C2=NCCN24)cnc1OCCNC(C)C. The molecular formula is C28H33N5O. The number of nitrogens with zero attached hydrogens (tertiary/aromatic N) is 4. The van der Waals surface area contributed by atoms with Gasteiger partial charge in [-0.3, -0.25) is 9.98 Å². The number of aryl methyl sites for hydroxylation is 1. The maximum Gasteiger partial charge on any atom is 0.216 e. The molecule has 3 aromatic rings. The fourth-order valence-electron chi connectivity index (χ4n) is 6.09. The molecule has 4 heterocycles. The number of hydrogen-bond acceptors (Lipinski definition) is 6. The molecule has 1 N–H and O–H groups in total. The zero-order valence-electron chi connectivity index (χ0n) is 20.4. The van der Waals surface area contributed by atoms with Gasteiger partial charge in [0, 0.05) is 47.4 Å². The Morgan fingerprint density at radius 3 is 2.74 bits per heavy atom. The van der Waals surface area contributed by atoms with E-state index >= 15 is 0 Å². The molecule has 6 rings (SSSR count). The second kappa shape index (κ2) is 8.35. The third-order valence-electron chi connectivity index (χ3n) is 7.60. The summed E-state index contributed by atoms with van der Waals surface area (Å²) in [6.45, 7) is 9.66. The maximum atomic E-state index is 5.91. The summed E-state index contributed by atoms with van der Waals surface area (Å²) in [4.78, 5) is 16.9. The highest BCUT2D eigenvalue weighted by atomic mass is 16.5. The third kappa shape index (κ3) is 3.38. The van der Waals surface area contributed by atoms with Gasteiger partial charge in [0.1, 0.15) is 12.4 Å². The van der Waals surface area contributed by atoms with Crippen LogP contribution in [-0.4, -0.2) is 48.1 Å². The number of aromatic nitrogens is 2. The van der Waals surface area contributed by atoms with Crippen molar-refractivity contribution in [2.75, 3.05) is 31.1 Å². The normalized spacial score (nSPS) is 18.1. The molecule has 1 fully saturated rings. The van der Waals surface area contributed by atoms with Crippen molar-refractivity contribution in [3.63, 3.8) is 0 Å². The van der Waals surface area contributed by atoms with Crippen molar-refractivity contribution in [3.05, 3.63) is 47.8 Å². The summed E-state index contributed by atoms with van der Waals surface area (Å²) in [6, 6.07) is 9.30. The van der Waals surface area contributed by atoms with E-state index in [1.165, 1.54) is 53.7 Å². The van der Waals surface area contributed by atoms with E-state index in [4.69, 9.17) is 14.7 Å². The van der Waals surface area contributed by atoms with Gasteiger partial charge in [-0.05, 0) is 43.5 Å². The monoisotopic (exact) mass is 455 g/mol. The largest absolute Gasteiger partial charge is 0.476 e. The zero-order valence-corrected chi connectivity index (χ0v) is 20.4. The summed E-state index contributed by atoms with van der Waals surface area (Å²) in [5, 5.41) is 4.64. The number of fused-ring (bicyclic) bond motifs is 7. The molecule has 6 nitrogen and oxygen atoms in total. The van der Waals surface area contributed by atoms with Gasteiger partial charge in [0.05, 0.1) is 29.4 Å². The Hall–Kier alpha value is -2.99. The van der Waals surface area contributed by atoms with E-state index in [9.17, 15) is 0 Å². The Morgan fingerprint density at radius 2 is 1.94 bits per heavy atom. The summed E-state index contributed by atoms with van der Waals surface area (Å²) < 4.78 is 5.91. The van der Waals surface area contributed by atoms with Crippen LogP contribution in [-0.2, 0) is 5.41 Å². The Bertz CT molecular complexity index is 1280. The smallest absolute Gasteiger partial charge is 0.216 e. The van der Waals surface area contributed by atoms with Crippen LogP contribution in [0.25, 0.3) is 22.0 Å². The average Bonchev–Trinajstić information content (AvgIpc) is 3.56. The van der Waals surface area contributed by atoms with Gasteiger partial charge in [0.15, 0.2) is 0 Å². The summed E-state index contributed by atoms with van der Waals surface area (Å²) in [6.07, 6.45) is 8.94. The summed E-state index contributed by atoms with van der Waals surface area (Å²) in [7, 11) is 0. The molecule has 176 valence electrons. The van der Waals surface area contributed by atoms with Crippen molar-refractivity contribution in [3.8, 4) is 17.0 Å². The lowest BCUT2D eigenvalue weighted by molar-refractivity contribution is 0.296. The first kappa shape index (κ1) is 21.5. The van der Waals surface area contributed by atoms with Crippen LogP contribution in [0.1, 0.15) is 50.7 Å². The molecule has 6 heteroatoms. The minimum Gasteiger partial charge on any atom is -0.476 e. The molecular weight excluding hydrogens is 422 g/mol. The predicted molar refractivity (Wildman–Crippen MR) is 138 cm³/mol. The summed E-state index contributed by atoms with van der Waals surface area (Å²) in [5.74, 6) is 2.01. The first-order valence-corrected chi connectivity index (χ1v) is 12.7. The highest BCUT2D eigenvalue weighted by Gasteiger charge is 2.52. The Morgan fingerprint density at radius 1 is 1.09 bits per heavy atom. The Balaban J connectivity index is 1.36. The van der Waals surface area contributed by atoms with Gasteiger partial charge in [0.2, 0.25) is 5.88 Å². The molecule has 1 saturated carbocycles. The number of amidine groups is 1. The number of benzene rings is 1. The van der Waals surface area contributed by atoms with Gasteiger partial charge < -0.3 is 15.0 Å². The lowest BCUT2D eigenvalue weighted by Crippen LogP contribution is -2.35. The number of pyridine rings is 2. The van der Waals surface area contributed by atoms with E-state index in [2.05, 4.69) is 66.4 Å². The van der Waals surface area contributed by atoms with Crippen molar-refractivity contribution in [1.29, 1.82) is 0 Å². The molecule has 2 aliphatic heterocycles. The van der Waals surface area contributed by atoms with Crippen LogP contribution in [0.3, 0.4) is 0 Å². The molecule has 0 amide bonds. The predicted octanol–water partition coefficient (Wildman–Crippen LogP) is 5.03. The number of nitrogens with one attached hydrogen (secondary N) is 1. The lowest BCUT2D eigenvalue weighted by Gasteiger charge is -2.25. The third-order valence-corrected chi connectivity index (χ3v) is 7.60. The van der Waals surface area contributed by atoms with Gasteiger partial charge in [-0.1, -0.05) is 32.8 Å². The molecule has 1 aliphatic carbocycles. The quantitative estimate of drug-likeness (QED) is 0.529. The average molecular weight is 456 g/mol. The second-order valence-electron chi connectivity index (χ2n) is 10.2. The molecule has 0 atom stereocenters. The van der Waals surface area contributed by atoms with E-state index in [0.29, 0.717) is 18.5 Å². The topological polar surface area (TPSA) is 62.6 Å². The van der Waals surface area contributed by atoms with Gasteiger partial charge in [0.25, 0.3) is 0 Å². The van der Waals surface area contributed by atoms with Crippen LogP contribution >= 0.6 is 0 Å². The van der Waals surface area contributed by atoms with Crippen LogP contribution in [0.4, 0.5) is 5.69 Å². The molecule has 1 aromatic carbocycles. The molecule has 2 aromatic heterocycles. The van der Waals surface area contributed by atoms with Gasteiger partial charge >= 0.3 is 0 Å². The molecule has 34 heavy (non-hydrogen) atoms. The molecule has 0 unspecified atom stereocenters. The number of ether oxygens (including phenoxy) is 1. The van der Waals surface area contributed by atoms with E-state index < -0.39 is 0 Å². The standard InChI is InChI=1S/C28H33N5O/c1-18(2)29-11-13-34-26-19(3)14-21(16-32-26)20-6-7-23-22(15-20)25-24(17-31-23)33-12-10-30-27(33)28(25)8-4-5-9-28/h6-7,14-18,29H,4-5,8-13H2,1-3H3. The summed E-state index contributed by atoms with van der Waals surface area (Å²) in [5.41, 5.74) is 7.21. The van der Waals surface area contributed by atoms with Crippen LogP contribution in [0.15, 0.2) is 41.7 Å². The number of anilines is 1. The van der Waals surface area contributed by atoms with Crippen LogP contribution in [0.5, 0.6) is 5.88 Å². The van der Waals surface area contributed by atoms with Crippen LogP contribution in [0, 0.1) is 6.92 Å².